The third kappa shape index (κ3) is 2.70. The summed E-state index contributed by atoms with van der Waals surface area (Å²) >= 11 is 0. The van der Waals surface area contributed by atoms with E-state index >= 15 is 0 Å². The fourth-order valence-corrected chi connectivity index (χ4v) is 1.36. The first-order valence-electron chi connectivity index (χ1n) is 4.37. The average molecular weight is 171 g/mol. The van der Waals surface area contributed by atoms with Gasteiger partial charge in [0, 0.05) is 20.2 Å². The van der Waals surface area contributed by atoms with Gasteiger partial charge in [0.25, 0.3) is 0 Å². The summed E-state index contributed by atoms with van der Waals surface area (Å²) in [4.78, 5) is 1.72. The third-order valence-corrected chi connectivity index (χ3v) is 2.16. The van der Waals surface area contributed by atoms with E-state index in [4.69, 9.17) is 15.9 Å². The molecule has 1 saturated heterocycles. The zero-order valence-electron chi connectivity index (χ0n) is 7.55. The molecule has 1 rings (SSSR count). The molecule has 4 nitrogen and oxygen atoms in total. The van der Waals surface area contributed by atoms with Crippen LogP contribution in [-0.4, -0.2) is 37.2 Å². The SMILES string of the molecule is CN(CC1CCCCO1)C(=N)N. The van der Waals surface area contributed by atoms with Crippen LogP contribution in [0.1, 0.15) is 19.3 Å². The number of nitrogens with one attached hydrogen (secondary N) is 1. The Morgan fingerprint density at radius 1 is 1.67 bits per heavy atom. The van der Waals surface area contributed by atoms with Gasteiger partial charge in [0.15, 0.2) is 5.96 Å². The van der Waals surface area contributed by atoms with Gasteiger partial charge in [-0.2, -0.15) is 0 Å². The summed E-state index contributed by atoms with van der Waals surface area (Å²) in [6.07, 6.45) is 3.77. The highest BCUT2D eigenvalue weighted by atomic mass is 16.5. The lowest BCUT2D eigenvalue weighted by Crippen LogP contribution is -2.40. The molecule has 0 amide bonds. The second kappa shape index (κ2) is 4.30. The summed E-state index contributed by atoms with van der Waals surface area (Å²) in [5.74, 6) is 0.115. The Morgan fingerprint density at radius 3 is 2.92 bits per heavy atom. The zero-order chi connectivity index (χ0) is 8.97. The normalized spacial score (nSPS) is 23.6. The molecule has 0 radical (unpaired) electrons. The molecule has 1 heterocycles. The topological polar surface area (TPSA) is 62.3 Å². The maximum Gasteiger partial charge on any atom is 0.188 e. The summed E-state index contributed by atoms with van der Waals surface area (Å²) in [6, 6.07) is 0. The van der Waals surface area contributed by atoms with E-state index in [1.54, 1.807) is 4.90 Å². The van der Waals surface area contributed by atoms with Crippen molar-refractivity contribution in [2.45, 2.75) is 25.4 Å². The predicted octanol–water partition coefficient (Wildman–Crippen LogP) is 0.381. The highest BCUT2D eigenvalue weighted by molar-refractivity contribution is 5.74. The van der Waals surface area contributed by atoms with Gasteiger partial charge in [0.05, 0.1) is 6.10 Å². The molecule has 12 heavy (non-hydrogen) atoms. The molecular formula is C8H17N3O. The van der Waals surface area contributed by atoms with E-state index in [0.29, 0.717) is 0 Å². The first kappa shape index (κ1) is 9.32. The van der Waals surface area contributed by atoms with Crippen LogP contribution in [-0.2, 0) is 4.74 Å². The van der Waals surface area contributed by atoms with Crippen molar-refractivity contribution in [3.63, 3.8) is 0 Å². The highest BCUT2D eigenvalue weighted by Gasteiger charge is 2.15. The lowest BCUT2D eigenvalue weighted by Gasteiger charge is -2.27. The summed E-state index contributed by atoms with van der Waals surface area (Å²) in [5, 5.41) is 7.17. The maximum atomic E-state index is 7.17. The molecule has 1 fully saturated rings. The molecule has 0 aliphatic carbocycles. The van der Waals surface area contributed by atoms with Gasteiger partial charge in [0.2, 0.25) is 0 Å². The van der Waals surface area contributed by atoms with Crippen LogP contribution in [0.2, 0.25) is 0 Å². The molecule has 0 aromatic carbocycles. The van der Waals surface area contributed by atoms with Crippen molar-refractivity contribution in [2.75, 3.05) is 20.2 Å². The second-order valence-electron chi connectivity index (χ2n) is 3.25. The Kier molecular flexibility index (Phi) is 3.34. The number of ether oxygens (including phenoxy) is 1. The van der Waals surface area contributed by atoms with E-state index in [1.807, 2.05) is 7.05 Å². The zero-order valence-corrected chi connectivity index (χ0v) is 7.55. The van der Waals surface area contributed by atoms with Gasteiger partial charge >= 0.3 is 0 Å². The second-order valence-corrected chi connectivity index (χ2v) is 3.25. The van der Waals surface area contributed by atoms with Crippen LogP contribution in [0.25, 0.3) is 0 Å². The molecule has 3 N–H and O–H groups in total. The first-order chi connectivity index (χ1) is 5.70. The average Bonchev–Trinajstić information content (AvgIpc) is 2.06. The van der Waals surface area contributed by atoms with E-state index in [9.17, 15) is 0 Å². The quantitative estimate of drug-likeness (QED) is 0.466. The molecule has 0 saturated carbocycles. The van der Waals surface area contributed by atoms with Crippen molar-refractivity contribution in [1.29, 1.82) is 5.41 Å². The smallest absolute Gasteiger partial charge is 0.188 e. The van der Waals surface area contributed by atoms with Gasteiger partial charge < -0.3 is 15.4 Å². The highest BCUT2D eigenvalue weighted by Crippen LogP contribution is 2.12. The van der Waals surface area contributed by atoms with Crippen molar-refractivity contribution in [3.05, 3.63) is 0 Å². The van der Waals surface area contributed by atoms with Crippen LogP contribution >= 0.6 is 0 Å². The largest absolute Gasteiger partial charge is 0.376 e. The maximum absolute atomic E-state index is 7.17. The molecule has 1 atom stereocenters. The van der Waals surface area contributed by atoms with Crippen molar-refractivity contribution in [1.82, 2.24) is 4.90 Å². The van der Waals surface area contributed by atoms with Gasteiger partial charge in [-0.15, -0.1) is 0 Å². The van der Waals surface area contributed by atoms with Crippen LogP contribution in [0, 0.1) is 5.41 Å². The predicted molar refractivity (Wildman–Crippen MR) is 48.1 cm³/mol. The standard InChI is InChI=1S/C8H17N3O/c1-11(8(9)10)6-7-4-2-3-5-12-7/h7H,2-6H2,1H3,(H3,9,10). The molecule has 0 bridgehead atoms. The van der Waals surface area contributed by atoms with E-state index in [-0.39, 0.29) is 12.1 Å². The van der Waals surface area contributed by atoms with Crippen molar-refractivity contribution in [2.24, 2.45) is 5.73 Å². The Bertz CT molecular complexity index is 154. The number of guanidine groups is 1. The number of likely N-dealkylation sites (N-methyl/N-ethyl adjacent to an activating group) is 1. The van der Waals surface area contributed by atoms with Crippen LogP contribution in [0.3, 0.4) is 0 Å². The summed E-state index contributed by atoms with van der Waals surface area (Å²) in [5.41, 5.74) is 5.31. The number of nitrogens with zero attached hydrogens (tertiary/aromatic N) is 1. The Labute approximate surface area is 73.2 Å². The summed E-state index contributed by atoms with van der Waals surface area (Å²) in [7, 11) is 1.82. The molecule has 0 spiro atoms. The monoisotopic (exact) mass is 171 g/mol. The van der Waals surface area contributed by atoms with Crippen molar-refractivity contribution in [3.8, 4) is 0 Å². The molecule has 1 unspecified atom stereocenters. The van der Waals surface area contributed by atoms with Crippen molar-refractivity contribution < 1.29 is 4.74 Å². The van der Waals surface area contributed by atoms with Crippen molar-refractivity contribution >= 4 is 5.96 Å². The van der Waals surface area contributed by atoms with Crippen LogP contribution in [0.5, 0.6) is 0 Å². The lowest BCUT2D eigenvalue weighted by atomic mass is 10.1. The van der Waals surface area contributed by atoms with E-state index in [1.165, 1.54) is 12.8 Å². The fourth-order valence-electron chi connectivity index (χ4n) is 1.36. The van der Waals surface area contributed by atoms with Crippen LogP contribution < -0.4 is 5.73 Å². The minimum absolute atomic E-state index is 0.115. The Balaban J connectivity index is 2.24. The molecule has 1 aliphatic heterocycles. The van der Waals surface area contributed by atoms with E-state index in [0.717, 1.165) is 19.6 Å². The number of hydrogen-bond acceptors (Lipinski definition) is 2. The number of hydrogen-bond donors (Lipinski definition) is 2. The molecule has 0 aromatic heterocycles. The number of nitrogens with two attached hydrogens (primary N) is 1. The fraction of sp³-hybridized carbons (Fsp3) is 0.875. The Hall–Kier alpha value is -0.770. The minimum Gasteiger partial charge on any atom is -0.376 e. The number of rotatable bonds is 2. The van der Waals surface area contributed by atoms with E-state index < -0.39 is 0 Å². The molecule has 0 aromatic rings. The third-order valence-electron chi connectivity index (χ3n) is 2.16. The van der Waals surface area contributed by atoms with Gasteiger partial charge in [0.1, 0.15) is 0 Å². The minimum atomic E-state index is 0.115. The first-order valence-corrected chi connectivity index (χ1v) is 4.37. The van der Waals surface area contributed by atoms with Gasteiger partial charge in [-0.25, -0.2) is 0 Å². The Morgan fingerprint density at radius 2 is 2.42 bits per heavy atom. The molecule has 70 valence electrons. The van der Waals surface area contributed by atoms with E-state index in [2.05, 4.69) is 0 Å². The molecule has 1 aliphatic rings. The van der Waals surface area contributed by atoms with Crippen LogP contribution in [0.15, 0.2) is 0 Å². The van der Waals surface area contributed by atoms with Gasteiger partial charge in [-0.05, 0) is 19.3 Å². The van der Waals surface area contributed by atoms with Crippen LogP contribution in [0.4, 0.5) is 0 Å². The summed E-state index contributed by atoms with van der Waals surface area (Å²) in [6.45, 7) is 1.60. The summed E-state index contributed by atoms with van der Waals surface area (Å²) < 4.78 is 5.50. The van der Waals surface area contributed by atoms with Gasteiger partial charge in [-0.1, -0.05) is 0 Å². The molecule has 4 heteroatoms. The molecular weight excluding hydrogens is 154 g/mol. The van der Waals surface area contributed by atoms with Gasteiger partial charge in [-0.3, -0.25) is 5.41 Å². The lowest BCUT2D eigenvalue weighted by molar-refractivity contribution is 0.00693.